The lowest BCUT2D eigenvalue weighted by atomic mass is 10.1. The van der Waals surface area contributed by atoms with Gasteiger partial charge in [0.2, 0.25) is 5.91 Å². The largest absolute Gasteiger partial charge is 0.492 e. The number of hydrogen-bond donors (Lipinski definition) is 3. The predicted octanol–water partition coefficient (Wildman–Crippen LogP) is 1.99. The SMILES string of the molecule is CCOc1ccc(C(F)(F)F)cc1NCC(=O)NC(=O)NCCOC. The number of methoxy groups -OCH3 is 1. The van der Waals surface area contributed by atoms with Crippen molar-refractivity contribution in [1.82, 2.24) is 10.6 Å². The minimum Gasteiger partial charge on any atom is -0.492 e. The summed E-state index contributed by atoms with van der Waals surface area (Å²) in [6, 6.07) is 2.18. The molecule has 7 nitrogen and oxygen atoms in total. The van der Waals surface area contributed by atoms with Crippen LogP contribution in [0.3, 0.4) is 0 Å². The van der Waals surface area contributed by atoms with Crippen molar-refractivity contribution in [3.63, 3.8) is 0 Å². The zero-order chi connectivity index (χ0) is 18.9. The summed E-state index contributed by atoms with van der Waals surface area (Å²) < 4.78 is 48.3. The van der Waals surface area contributed by atoms with E-state index in [1.807, 2.05) is 5.32 Å². The van der Waals surface area contributed by atoms with Gasteiger partial charge in [-0.3, -0.25) is 10.1 Å². The van der Waals surface area contributed by atoms with E-state index in [1.165, 1.54) is 13.2 Å². The molecule has 3 N–H and O–H groups in total. The number of urea groups is 1. The molecule has 0 unspecified atom stereocenters. The second kappa shape index (κ2) is 9.72. The maximum absolute atomic E-state index is 12.8. The van der Waals surface area contributed by atoms with Crippen LogP contribution in [-0.2, 0) is 15.7 Å². The summed E-state index contributed by atoms with van der Waals surface area (Å²) in [5.41, 5.74) is -0.872. The fraction of sp³-hybridized carbons (Fsp3) is 0.467. The van der Waals surface area contributed by atoms with Crippen LogP contribution in [0.1, 0.15) is 12.5 Å². The number of carbonyl (C=O) groups is 2. The van der Waals surface area contributed by atoms with Crippen LogP contribution in [-0.4, -0.2) is 45.4 Å². The van der Waals surface area contributed by atoms with Crippen LogP contribution in [0.25, 0.3) is 0 Å². The van der Waals surface area contributed by atoms with Gasteiger partial charge >= 0.3 is 12.2 Å². The molecule has 10 heteroatoms. The molecule has 0 radical (unpaired) electrons. The molecule has 0 fully saturated rings. The van der Waals surface area contributed by atoms with E-state index >= 15 is 0 Å². The Morgan fingerprint density at radius 3 is 2.56 bits per heavy atom. The first kappa shape index (κ1) is 20.6. The number of halogens is 3. The smallest absolute Gasteiger partial charge is 0.416 e. The summed E-state index contributed by atoms with van der Waals surface area (Å²) in [4.78, 5) is 23.1. The van der Waals surface area contributed by atoms with Crippen LogP contribution >= 0.6 is 0 Å². The van der Waals surface area contributed by atoms with Crippen LogP contribution in [0, 0.1) is 0 Å². The predicted molar refractivity (Wildman–Crippen MR) is 84.5 cm³/mol. The second-order valence-corrected chi connectivity index (χ2v) is 4.79. The molecule has 1 aromatic carbocycles. The van der Waals surface area contributed by atoms with Crippen molar-refractivity contribution >= 4 is 17.6 Å². The number of hydrogen-bond acceptors (Lipinski definition) is 5. The molecule has 0 spiro atoms. The lowest BCUT2D eigenvalue weighted by Gasteiger charge is -2.15. The topological polar surface area (TPSA) is 88.7 Å². The van der Waals surface area contributed by atoms with Gasteiger partial charge in [0.05, 0.1) is 31.0 Å². The standard InChI is InChI=1S/C15H20F3N3O4/c1-3-25-12-5-4-10(15(16,17)18)8-11(12)20-9-13(22)21-14(23)19-6-7-24-2/h4-5,8,20H,3,6-7,9H2,1-2H3,(H2,19,21,22,23). The Balaban J connectivity index is 2.67. The van der Waals surface area contributed by atoms with Gasteiger partial charge in [0.1, 0.15) is 5.75 Å². The normalized spacial score (nSPS) is 10.9. The Morgan fingerprint density at radius 1 is 1.24 bits per heavy atom. The number of carbonyl (C=O) groups excluding carboxylic acids is 2. The second-order valence-electron chi connectivity index (χ2n) is 4.79. The highest BCUT2D eigenvalue weighted by molar-refractivity contribution is 5.96. The first-order valence-corrected chi connectivity index (χ1v) is 7.42. The number of amides is 3. The van der Waals surface area contributed by atoms with Gasteiger partial charge in [-0.25, -0.2) is 4.79 Å². The maximum Gasteiger partial charge on any atom is 0.416 e. The van der Waals surface area contributed by atoms with Gasteiger partial charge in [-0.1, -0.05) is 0 Å². The highest BCUT2D eigenvalue weighted by Gasteiger charge is 2.31. The van der Waals surface area contributed by atoms with Gasteiger partial charge in [0.25, 0.3) is 0 Å². The van der Waals surface area contributed by atoms with Crippen molar-refractivity contribution in [2.24, 2.45) is 0 Å². The minimum absolute atomic E-state index is 0.00613. The summed E-state index contributed by atoms with van der Waals surface area (Å²) in [6.45, 7) is 2.01. The van der Waals surface area contributed by atoms with Crippen molar-refractivity contribution in [2.45, 2.75) is 13.1 Å². The van der Waals surface area contributed by atoms with Crippen LogP contribution < -0.4 is 20.7 Å². The lowest BCUT2D eigenvalue weighted by molar-refractivity contribution is -0.137. The Morgan fingerprint density at radius 2 is 1.96 bits per heavy atom. The average Bonchev–Trinajstić information content (AvgIpc) is 2.53. The fourth-order valence-corrected chi connectivity index (χ4v) is 1.78. The number of anilines is 1. The Hall–Kier alpha value is -2.49. The Labute approximate surface area is 142 Å². The van der Waals surface area contributed by atoms with Crippen molar-refractivity contribution < 1.29 is 32.2 Å². The summed E-state index contributed by atoms with van der Waals surface area (Å²) in [6.07, 6.45) is -4.52. The molecule has 0 aliphatic carbocycles. The van der Waals surface area contributed by atoms with Gasteiger partial charge in [0.15, 0.2) is 0 Å². The molecule has 1 aromatic rings. The minimum atomic E-state index is -4.52. The molecule has 1 rings (SSSR count). The molecule has 0 aliphatic rings. The van der Waals surface area contributed by atoms with Gasteiger partial charge in [-0.05, 0) is 25.1 Å². The highest BCUT2D eigenvalue weighted by atomic mass is 19.4. The molecular formula is C15H20F3N3O4. The maximum atomic E-state index is 12.8. The molecular weight excluding hydrogens is 343 g/mol. The number of alkyl halides is 3. The average molecular weight is 363 g/mol. The Kier molecular flexibility index (Phi) is 7.99. The molecule has 3 amide bonds. The number of benzene rings is 1. The van der Waals surface area contributed by atoms with E-state index in [-0.39, 0.29) is 31.2 Å². The van der Waals surface area contributed by atoms with Crippen molar-refractivity contribution in [1.29, 1.82) is 0 Å². The number of ether oxygens (including phenoxy) is 2. The van der Waals surface area contributed by atoms with Crippen LogP contribution in [0.4, 0.5) is 23.7 Å². The monoisotopic (exact) mass is 363 g/mol. The summed E-state index contributed by atoms with van der Waals surface area (Å²) >= 11 is 0. The highest BCUT2D eigenvalue weighted by Crippen LogP contribution is 2.34. The zero-order valence-electron chi connectivity index (χ0n) is 13.8. The van der Waals surface area contributed by atoms with Gasteiger partial charge in [-0.2, -0.15) is 13.2 Å². The van der Waals surface area contributed by atoms with Gasteiger partial charge < -0.3 is 20.1 Å². The van der Waals surface area contributed by atoms with Gasteiger partial charge in [-0.15, -0.1) is 0 Å². The summed E-state index contributed by atoms with van der Waals surface area (Å²) in [5.74, 6) is -0.539. The molecule has 25 heavy (non-hydrogen) atoms. The summed E-state index contributed by atoms with van der Waals surface area (Å²) in [7, 11) is 1.46. The van der Waals surface area contributed by atoms with Crippen molar-refractivity contribution in [2.75, 3.05) is 38.7 Å². The number of rotatable bonds is 8. The Bertz CT molecular complexity index is 594. The van der Waals surface area contributed by atoms with E-state index in [2.05, 4.69) is 10.6 Å². The molecule has 0 heterocycles. The van der Waals surface area contributed by atoms with Crippen LogP contribution in [0.5, 0.6) is 5.75 Å². The van der Waals surface area contributed by atoms with E-state index in [0.29, 0.717) is 0 Å². The molecule has 140 valence electrons. The third-order valence-corrected chi connectivity index (χ3v) is 2.89. The van der Waals surface area contributed by atoms with Crippen LogP contribution in [0.15, 0.2) is 18.2 Å². The molecule has 0 bridgehead atoms. The third kappa shape index (κ3) is 7.29. The van der Waals surface area contributed by atoms with Gasteiger partial charge in [0, 0.05) is 13.7 Å². The molecule has 0 aliphatic heterocycles. The van der Waals surface area contributed by atoms with Crippen molar-refractivity contribution in [3.05, 3.63) is 23.8 Å². The molecule has 0 saturated carbocycles. The van der Waals surface area contributed by atoms with E-state index < -0.39 is 30.2 Å². The van der Waals surface area contributed by atoms with E-state index in [1.54, 1.807) is 6.92 Å². The first-order chi connectivity index (χ1) is 11.8. The fourth-order valence-electron chi connectivity index (χ4n) is 1.78. The number of imide groups is 1. The zero-order valence-corrected chi connectivity index (χ0v) is 13.8. The van der Waals surface area contributed by atoms with E-state index in [0.717, 1.165) is 12.1 Å². The van der Waals surface area contributed by atoms with Crippen molar-refractivity contribution in [3.8, 4) is 5.75 Å². The molecule has 0 aromatic heterocycles. The van der Waals surface area contributed by atoms with E-state index in [4.69, 9.17) is 9.47 Å². The quantitative estimate of drug-likeness (QED) is 0.615. The summed E-state index contributed by atoms with van der Waals surface area (Å²) in [5, 5.41) is 6.95. The number of nitrogens with one attached hydrogen (secondary N) is 3. The lowest BCUT2D eigenvalue weighted by Crippen LogP contribution is -2.43. The molecule has 0 saturated heterocycles. The third-order valence-electron chi connectivity index (χ3n) is 2.89. The van der Waals surface area contributed by atoms with E-state index in [9.17, 15) is 22.8 Å². The molecule has 0 atom stereocenters. The first-order valence-electron chi connectivity index (χ1n) is 7.42. The van der Waals surface area contributed by atoms with Crippen LogP contribution in [0.2, 0.25) is 0 Å².